The van der Waals surface area contributed by atoms with E-state index in [0.29, 0.717) is 13.1 Å². The van der Waals surface area contributed by atoms with Crippen molar-refractivity contribution in [2.24, 2.45) is 0 Å². The number of nitrogens with zero attached hydrogens (tertiary/aromatic N) is 2. The summed E-state index contributed by atoms with van der Waals surface area (Å²) in [6.07, 6.45) is 0.876. The molecule has 0 saturated carbocycles. The minimum atomic E-state index is 0.106. The average molecular weight is 372 g/mol. The molecule has 1 aliphatic heterocycles. The summed E-state index contributed by atoms with van der Waals surface area (Å²) in [6.45, 7) is 6.86. The number of rotatable bonds is 6. The van der Waals surface area contributed by atoms with Crippen molar-refractivity contribution < 1.29 is 4.79 Å². The van der Waals surface area contributed by atoms with E-state index in [9.17, 15) is 4.79 Å². The highest BCUT2D eigenvalue weighted by molar-refractivity contribution is 6.30. The van der Waals surface area contributed by atoms with Crippen molar-refractivity contribution in [3.8, 4) is 0 Å². The van der Waals surface area contributed by atoms with Crippen LogP contribution >= 0.6 is 11.6 Å². The molecule has 1 heterocycles. The molecular formula is C21H26ClN3O. The summed E-state index contributed by atoms with van der Waals surface area (Å²) in [5.74, 6) is 0.106. The number of piperazine rings is 1. The highest BCUT2D eigenvalue weighted by Crippen LogP contribution is 2.20. The molecule has 5 heteroatoms. The van der Waals surface area contributed by atoms with E-state index in [-0.39, 0.29) is 5.91 Å². The molecule has 0 spiro atoms. The number of amides is 1. The lowest BCUT2D eigenvalue weighted by Crippen LogP contribution is -2.49. The van der Waals surface area contributed by atoms with Crippen LogP contribution in [0.15, 0.2) is 48.5 Å². The van der Waals surface area contributed by atoms with Gasteiger partial charge < -0.3 is 10.2 Å². The van der Waals surface area contributed by atoms with Gasteiger partial charge in [0, 0.05) is 43.4 Å². The number of carbonyl (C=O) groups is 1. The van der Waals surface area contributed by atoms with Gasteiger partial charge in [-0.05, 0) is 42.7 Å². The average Bonchev–Trinajstić information content (AvgIpc) is 2.64. The largest absolute Gasteiger partial charge is 0.369 e. The standard InChI is InChI=1S/C21H26ClN3O/c1-17-5-2-3-6-18(17)9-10-23-21(26)16-24-11-13-25(14-12-24)20-8-4-7-19(22)15-20/h2-8,15H,9-14,16H2,1H3,(H,23,26). The van der Waals surface area contributed by atoms with Gasteiger partial charge in [0.05, 0.1) is 6.54 Å². The number of hydrogen-bond donors (Lipinski definition) is 1. The van der Waals surface area contributed by atoms with Gasteiger partial charge in [-0.15, -0.1) is 0 Å². The Balaban J connectivity index is 1.39. The lowest BCUT2D eigenvalue weighted by molar-refractivity contribution is -0.122. The van der Waals surface area contributed by atoms with Crippen molar-refractivity contribution >= 4 is 23.2 Å². The van der Waals surface area contributed by atoms with Crippen LogP contribution in [0.2, 0.25) is 5.02 Å². The third-order valence-corrected chi connectivity index (χ3v) is 5.13. The first-order valence-corrected chi connectivity index (χ1v) is 9.54. The first-order valence-electron chi connectivity index (χ1n) is 9.16. The van der Waals surface area contributed by atoms with Crippen LogP contribution in [0.25, 0.3) is 0 Å². The fraction of sp³-hybridized carbons (Fsp3) is 0.381. The molecule has 0 unspecified atom stereocenters. The Bertz CT molecular complexity index is 742. The monoisotopic (exact) mass is 371 g/mol. The quantitative estimate of drug-likeness (QED) is 0.847. The van der Waals surface area contributed by atoms with Crippen LogP contribution < -0.4 is 10.2 Å². The number of nitrogens with one attached hydrogen (secondary N) is 1. The molecule has 2 aromatic carbocycles. The Kier molecular flexibility index (Phi) is 6.53. The Morgan fingerprint density at radius 1 is 1.08 bits per heavy atom. The lowest BCUT2D eigenvalue weighted by atomic mass is 10.1. The van der Waals surface area contributed by atoms with E-state index >= 15 is 0 Å². The number of benzene rings is 2. The van der Waals surface area contributed by atoms with Crippen molar-refractivity contribution in [1.82, 2.24) is 10.2 Å². The maximum absolute atomic E-state index is 12.2. The Morgan fingerprint density at radius 2 is 1.85 bits per heavy atom. The van der Waals surface area contributed by atoms with Gasteiger partial charge >= 0.3 is 0 Å². The van der Waals surface area contributed by atoms with Crippen LogP contribution in [0.3, 0.4) is 0 Å². The van der Waals surface area contributed by atoms with E-state index in [0.717, 1.165) is 43.3 Å². The fourth-order valence-corrected chi connectivity index (χ4v) is 3.51. The van der Waals surface area contributed by atoms with Crippen molar-refractivity contribution in [2.45, 2.75) is 13.3 Å². The summed E-state index contributed by atoms with van der Waals surface area (Å²) < 4.78 is 0. The second-order valence-corrected chi connectivity index (χ2v) is 7.21. The smallest absolute Gasteiger partial charge is 0.234 e. The van der Waals surface area contributed by atoms with Gasteiger partial charge in [-0.25, -0.2) is 0 Å². The van der Waals surface area contributed by atoms with Gasteiger partial charge in [0.2, 0.25) is 5.91 Å². The van der Waals surface area contributed by atoms with Crippen LogP contribution in [-0.4, -0.2) is 50.1 Å². The summed E-state index contributed by atoms with van der Waals surface area (Å²) in [5, 5.41) is 3.81. The van der Waals surface area contributed by atoms with Crippen LogP contribution in [0.4, 0.5) is 5.69 Å². The molecule has 0 bridgehead atoms. The van der Waals surface area contributed by atoms with Gasteiger partial charge in [0.25, 0.3) is 0 Å². The van der Waals surface area contributed by atoms with E-state index < -0.39 is 0 Å². The summed E-state index contributed by atoms with van der Waals surface area (Å²) in [6, 6.07) is 16.3. The van der Waals surface area contributed by atoms with E-state index in [2.05, 4.69) is 40.2 Å². The lowest BCUT2D eigenvalue weighted by Gasteiger charge is -2.35. The summed E-state index contributed by atoms with van der Waals surface area (Å²) in [5.41, 5.74) is 3.72. The van der Waals surface area contributed by atoms with Crippen molar-refractivity contribution in [2.75, 3.05) is 44.2 Å². The predicted octanol–water partition coefficient (Wildman–Crippen LogP) is 3.13. The number of anilines is 1. The van der Waals surface area contributed by atoms with E-state index in [1.165, 1.54) is 11.1 Å². The van der Waals surface area contributed by atoms with E-state index in [1.807, 2.05) is 30.3 Å². The zero-order chi connectivity index (χ0) is 18.4. The Hall–Kier alpha value is -2.04. The Labute approximate surface area is 160 Å². The molecule has 0 radical (unpaired) electrons. The molecule has 1 saturated heterocycles. The molecule has 1 fully saturated rings. The maximum Gasteiger partial charge on any atom is 0.234 e. The van der Waals surface area contributed by atoms with Crippen LogP contribution in [0.1, 0.15) is 11.1 Å². The minimum absolute atomic E-state index is 0.106. The molecule has 0 aliphatic carbocycles. The first-order chi connectivity index (χ1) is 12.6. The highest BCUT2D eigenvalue weighted by atomic mass is 35.5. The third-order valence-electron chi connectivity index (χ3n) is 4.89. The van der Waals surface area contributed by atoms with Crippen LogP contribution in [0, 0.1) is 6.92 Å². The zero-order valence-electron chi connectivity index (χ0n) is 15.2. The van der Waals surface area contributed by atoms with Crippen molar-refractivity contribution in [3.05, 3.63) is 64.7 Å². The fourth-order valence-electron chi connectivity index (χ4n) is 3.32. The summed E-state index contributed by atoms with van der Waals surface area (Å²) in [4.78, 5) is 16.7. The van der Waals surface area contributed by atoms with Gasteiger partial charge in [0.15, 0.2) is 0 Å². The maximum atomic E-state index is 12.2. The summed E-state index contributed by atoms with van der Waals surface area (Å²) >= 11 is 6.07. The van der Waals surface area contributed by atoms with E-state index in [1.54, 1.807) is 0 Å². The normalized spacial score (nSPS) is 15.1. The molecule has 26 heavy (non-hydrogen) atoms. The van der Waals surface area contributed by atoms with Gasteiger partial charge in [-0.1, -0.05) is 41.9 Å². The van der Waals surface area contributed by atoms with Gasteiger partial charge in [0.1, 0.15) is 0 Å². The van der Waals surface area contributed by atoms with E-state index in [4.69, 9.17) is 11.6 Å². The molecule has 0 aromatic heterocycles. The first kappa shape index (κ1) is 18.7. The second kappa shape index (κ2) is 9.06. The Morgan fingerprint density at radius 3 is 2.58 bits per heavy atom. The van der Waals surface area contributed by atoms with Gasteiger partial charge in [-0.3, -0.25) is 9.69 Å². The molecule has 1 N–H and O–H groups in total. The SMILES string of the molecule is Cc1ccccc1CCNC(=O)CN1CCN(c2cccc(Cl)c2)CC1. The molecule has 138 valence electrons. The molecule has 1 amide bonds. The molecule has 3 rings (SSSR count). The van der Waals surface area contributed by atoms with Crippen molar-refractivity contribution in [3.63, 3.8) is 0 Å². The topological polar surface area (TPSA) is 35.6 Å². The number of hydrogen-bond acceptors (Lipinski definition) is 3. The molecule has 1 aliphatic rings. The highest BCUT2D eigenvalue weighted by Gasteiger charge is 2.19. The molecule has 2 aromatic rings. The minimum Gasteiger partial charge on any atom is -0.369 e. The molecule has 0 atom stereocenters. The molecular weight excluding hydrogens is 346 g/mol. The third kappa shape index (κ3) is 5.23. The van der Waals surface area contributed by atoms with Crippen LogP contribution in [-0.2, 0) is 11.2 Å². The number of aryl methyl sites for hydroxylation is 1. The summed E-state index contributed by atoms with van der Waals surface area (Å²) in [7, 11) is 0. The zero-order valence-corrected chi connectivity index (χ0v) is 16.0. The predicted molar refractivity (Wildman–Crippen MR) is 108 cm³/mol. The van der Waals surface area contributed by atoms with Crippen molar-refractivity contribution in [1.29, 1.82) is 0 Å². The number of halogens is 1. The van der Waals surface area contributed by atoms with Gasteiger partial charge in [-0.2, -0.15) is 0 Å². The van der Waals surface area contributed by atoms with Crippen LogP contribution in [0.5, 0.6) is 0 Å². The molecule has 4 nitrogen and oxygen atoms in total. The number of carbonyl (C=O) groups excluding carboxylic acids is 1. The second-order valence-electron chi connectivity index (χ2n) is 6.77.